The van der Waals surface area contributed by atoms with Gasteiger partial charge in [-0.2, -0.15) is 0 Å². The van der Waals surface area contributed by atoms with E-state index in [9.17, 15) is 4.79 Å². The largest absolute Gasteiger partial charge is 0.490 e. The molecular weight excluding hydrogens is 434 g/mol. The zero-order valence-corrected chi connectivity index (χ0v) is 20.9. The SMILES string of the molecule is CN(C)CCNC(=O)c1cccc(OC2CCN(CC(c3ccccc3)c3ccccc3)CC2)c1. The second-order valence-corrected chi connectivity index (χ2v) is 9.58. The first kappa shape index (κ1) is 25.0. The first-order valence-electron chi connectivity index (χ1n) is 12.6. The molecule has 1 aliphatic rings. The Hall–Kier alpha value is -3.15. The summed E-state index contributed by atoms with van der Waals surface area (Å²) in [5.41, 5.74) is 3.36. The van der Waals surface area contributed by atoms with Gasteiger partial charge in [0.15, 0.2) is 0 Å². The number of amides is 1. The van der Waals surface area contributed by atoms with Gasteiger partial charge in [-0.05, 0) is 56.3 Å². The molecule has 1 aliphatic heterocycles. The van der Waals surface area contributed by atoms with Crippen LogP contribution in [0.4, 0.5) is 0 Å². The number of nitrogens with zero attached hydrogens (tertiary/aromatic N) is 2. The molecule has 0 bridgehead atoms. The molecule has 0 radical (unpaired) electrons. The van der Waals surface area contributed by atoms with E-state index < -0.39 is 0 Å². The lowest BCUT2D eigenvalue weighted by Crippen LogP contribution is -2.40. The quantitative estimate of drug-likeness (QED) is 0.467. The molecule has 5 heteroatoms. The standard InChI is InChI=1S/C30H37N3O2/c1-32(2)21-18-31-30(34)26-14-9-15-28(22-26)35-27-16-19-33(20-17-27)23-29(24-10-5-3-6-11-24)25-12-7-4-8-13-25/h3-15,22,27,29H,16-21,23H2,1-2H3,(H,31,34). The van der Waals surface area contributed by atoms with Gasteiger partial charge in [0.05, 0.1) is 0 Å². The number of piperidine rings is 1. The summed E-state index contributed by atoms with van der Waals surface area (Å²) in [5.74, 6) is 1.08. The van der Waals surface area contributed by atoms with Crippen molar-refractivity contribution in [1.82, 2.24) is 15.1 Å². The normalized spacial score (nSPS) is 14.9. The summed E-state index contributed by atoms with van der Waals surface area (Å²) in [6, 6.07) is 29.1. The third-order valence-corrected chi connectivity index (χ3v) is 6.62. The molecule has 35 heavy (non-hydrogen) atoms. The zero-order valence-electron chi connectivity index (χ0n) is 20.9. The summed E-state index contributed by atoms with van der Waals surface area (Å²) in [5, 5.41) is 2.97. The molecule has 3 aromatic carbocycles. The average Bonchev–Trinajstić information content (AvgIpc) is 2.89. The number of carbonyl (C=O) groups is 1. The van der Waals surface area contributed by atoms with Gasteiger partial charge >= 0.3 is 0 Å². The number of ether oxygens (including phenoxy) is 1. The number of hydrogen-bond donors (Lipinski definition) is 1. The molecule has 0 aliphatic carbocycles. The Morgan fingerprint density at radius 1 is 0.943 bits per heavy atom. The van der Waals surface area contributed by atoms with Crippen molar-refractivity contribution in [2.75, 3.05) is 46.8 Å². The molecule has 1 fully saturated rings. The van der Waals surface area contributed by atoms with Crippen molar-refractivity contribution in [3.8, 4) is 5.75 Å². The number of likely N-dealkylation sites (N-methyl/N-ethyl adjacent to an activating group) is 1. The van der Waals surface area contributed by atoms with Crippen LogP contribution in [0.5, 0.6) is 5.75 Å². The van der Waals surface area contributed by atoms with E-state index >= 15 is 0 Å². The first-order valence-corrected chi connectivity index (χ1v) is 12.6. The summed E-state index contributed by atoms with van der Waals surface area (Å²) < 4.78 is 6.30. The van der Waals surface area contributed by atoms with Crippen LogP contribution >= 0.6 is 0 Å². The molecule has 0 unspecified atom stereocenters. The van der Waals surface area contributed by atoms with Gasteiger partial charge in [-0.1, -0.05) is 66.7 Å². The maximum Gasteiger partial charge on any atom is 0.251 e. The van der Waals surface area contributed by atoms with Crippen LogP contribution in [0.1, 0.15) is 40.2 Å². The fourth-order valence-corrected chi connectivity index (χ4v) is 4.64. The number of benzene rings is 3. The minimum absolute atomic E-state index is 0.0556. The lowest BCUT2D eigenvalue weighted by Gasteiger charge is -2.34. The molecule has 0 spiro atoms. The van der Waals surface area contributed by atoms with Gasteiger partial charge in [-0.25, -0.2) is 0 Å². The van der Waals surface area contributed by atoms with Crippen LogP contribution in [-0.4, -0.2) is 68.6 Å². The molecule has 0 saturated carbocycles. The number of likely N-dealkylation sites (tertiary alicyclic amines) is 1. The molecule has 3 aromatic rings. The molecule has 1 heterocycles. The van der Waals surface area contributed by atoms with Crippen molar-refractivity contribution in [3.05, 3.63) is 102 Å². The summed E-state index contributed by atoms with van der Waals surface area (Å²) in [6.45, 7) is 4.46. The topological polar surface area (TPSA) is 44.8 Å². The van der Waals surface area contributed by atoms with E-state index in [1.807, 2.05) is 43.3 Å². The van der Waals surface area contributed by atoms with E-state index in [0.717, 1.165) is 44.8 Å². The zero-order chi connectivity index (χ0) is 24.5. The second-order valence-electron chi connectivity index (χ2n) is 9.58. The van der Waals surface area contributed by atoms with Crippen molar-refractivity contribution >= 4 is 5.91 Å². The van der Waals surface area contributed by atoms with Crippen molar-refractivity contribution in [1.29, 1.82) is 0 Å². The van der Waals surface area contributed by atoms with E-state index in [0.29, 0.717) is 18.0 Å². The Labute approximate surface area is 209 Å². The van der Waals surface area contributed by atoms with Crippen molar-refractivity contribution in [2.45, 2.75) is 24.9 Å². The van der Waals surface area contributed by atoms with Gasteiger partial charge in [0, 0.05) is 44.2 Å². The van der Waals surface area contributed by atoms with Gasteiger partial charge in [-0.15, -0.1) is 0 Å². The van der Waals surface area contributed by atoms with Gasteiger partial charge < -0.3 is 19.9 Å². The van der Waals surface area contributed by atoms with E-state index in [4.69, 9.17) is 4.74 Å². The Balaban J connectivity index is 1.31. The minimum Gasteiger partial charge on any atom is -0.490 e. The summed E-state index contributed by atoms with van der Waals surface area (Å²) in [6.07, 6.45) is 2.13. The summed E-state index contributed by atoms with van der Waals surface area (Å²) >= 11 is 0. The van der Waals surface area contributed by atoms with Crippen LogP contribution in [0.3, 0.4) is 0 Å². The van der Waals surface area contributed by atoms with E-state index in [1.54, 1.807) is 0 Å². The molecule has 184 valence electrons. The van der Waals surface area contributed by atoms with E-state index in [2.05, 4.69) is 70.9 Å². The first-order chi connectivity index (χ1) is 17.1. The highest BCUT2D eigenvalue weighted by Gasteiger charge is 2.24. The molecule has 1 saturated heterocycles. The van der Waals surface area contributed by atoms with Gasteiger partial charge in [-0.3, -0.25) is 4.79 Å². The Morgan fingerprint density at radius 2 is 1.57 bits per heavy atom. The maximum absolute atomic E-state index is 12.5. The van der Waals surface area contributed by atoms with Crippen LogP contribution in [0.25, 0.3) is 0 Å². The third-order valence-electron chi connectivity index (χ3n) is 6.62. The minimum atomic E-state index is -0.0556. The molecule has 1 N–H and O–H groups in total. The number of rotatable bonds is 10. The third kappa shape index (κ3) is 7.41. The monoisotopic (exact) mass is 471 g/mol. The van der Waals surface area contributed by atoms with E-state index in [1.165, 1.54) is 11.1 Å². The highest BCUT2D eigenvalue weighted by atomic mass is 16.5. The fraction of sp³-hybridized carbons (Fsp3) is 0.367. The molecule has 1 amide bonds. The van der Waals surface area contributed by atoms with Gasteiger partial charge in [0.1, 0.15) is 11.9 Å². The number of hydrogen-bond acceptors (Lipinski definition) is 4. The van der Waals surface area contributed by atoms with Crippen LogP contribution in [-0.2, 0) is 0 Å². The van der Waals surface area contributed by atoms with Crippen LogP contribution in [0.15, 0.2) is 84.9 Å². The highest BCUT2D eigenvalue weighted by Crippen LogP contribution is 2.28. The van der Waals surface area contributed by atoms with Gasteiger partial charge in [0.25, 0.3) is 5.91 Å². The summed E-state index contributed by atoms with van der Waals surface area (Å²) in [7, 11) is 3.99. The Kier molecular flexibility index (Phi) is 8.93. The van der Waals surface area contributed by atoms with E-state index in [-0.39, 0.29) is 12.0 Å². The summed E-state index contributed by atoms with van der Waals surface area (Å²) in [4.78, 5) is 17.1. The molecular formula is C30H37N3O2. The molecule has 5 nitrogen and oxygen atoms in total. The van der Waals surface area contributed by atoms with Crippen LogP contribution in [0, 0.1) is 0 Å². The van der Waals surface area contributed by atoms with Crippen molar-refractivity contribution in [3.63, 3.8) is 0 Å². The molecule has 0 atom stereocenters. The average molecular weight is 472 g/mol. The van der Waals surface area contributed by atoms with Crippen LogP contribution < -0.4 is 10.1 Å². The number of carbonyl (C=O) groups excluding carboxylic acids is 1. The van der Waals surface area contributed by atoms with Crippen molar-refractivity contribution in [2.24, 2.45) is 0 Å². The maximum atomic E-state index is 12.5. The van der Waals surface area contributed by atoms with Gasteiger partial charge in [0.2, 0.25) is 0 Å². The number of nitrogens with one attached hydrogen (secondary N) is 1. The molecule has 0 aromatic heterocycles. The lowest BCUT2D eigenvalue weighted by atomic mass is 9.90. The lowest BCUT2D eigenvalue weighted by molar-refractivity contribution is 0.0939. The predicted octanol–water partition coefficient (Wildman–Crippen LogP) is 4.65. The smallest absolute Gasteiger partial charge is 0.251 e. The molecule has 4 rings (SSSR count). The van der Waals surface area contributed by atoms with Crippen LogP contribution in [0.2, 0.25) is 0 Å². The highest BCUT2D eigenvalue weighted by molar-refractivity contribution is 5.94. The van der Waals surface area contributed by atoms with Crippen molar-refractivity contribution < 1.29 is 9.53 Å². The fourth-order valence-electron chi connectivity index (χ4n) is 4.64. The predicted molar refractivity (Wildman–Crippen MR) is 142 cm³/mol. The second kappa shape index (κ2) is 12.5. The Bertz CT molecular complexity index is 1010. The Morgan fingerprint density at radius 3 is 2.17 bits per heavy atom.